The Labute approximate surface area is 191 Å². The predicted octanol–water partition coefficient (Wildman–Crippen LogP) is 3.36. The first kappa shape index (κ1) is 22.7. The van der Waals surface area contributed by atoms with E-state index in [1.165, 1.54) is 30.3 Å². The number of halogens is 1. The summed E-state index contributed by atoms with van der Waals surface area (Å²) in [5, 5.41) is 7.18. The minimum Gasteiger partial charge on any atom is -0.345 e. The molecule has 0 radical (unpaired) electrons. The molecule has 1 N–H and O–H groups in total. The second-order valence-corrected chi connectivity index (χ2v) is 9.96. The van der Waals surface area contributed by atoms with Crippen molar-refractivity contribution in [1.82, 2.24) is 19.4 Å². The Morgan fingerprint density at radius 1 is 1.09 bits per heavy atom. The standard InChI is InChI=1S/C23H23FN4O4S/c1-13(2)28-23(30)19-10-5-16(11-21(19)33(28,31)32)22(29)26-14(3)20-12-25-27(15(20)4)18-8-6-17(24)7-9-18/h5-14H,1-4H3,(H,26,29). The van der Waals surface area contributed by atoms with E-state index in [1.54, 1.807) is 43.8 Å². The van der Waals surface area contributed by atoms with Crippen molar-refractivity contribution in [2.45, 2.75) is 44.7 Å². The van der Waals surface area contributed by atoms with Crippen LogP contribution in [-0.4, -0.2) is 40.4 Å². The van der Waals surface area contributed by atoms with Crippen LogP contribution < -0.4 is 5.32 Å². The van der Waals surface area contributed by atoms with Gasteiger partial charge in [-0.15, -0.1) is 0 Å². The van der Waals surface area contributed by atoms with Gasteiger partial charge in [0.2, 0.25) is 0 Å². The molecule has 1 aliphatic rings. The van der Waals surface area contributed by atoms with Crippen molar-refractivity contribution in [2.24, 2.45) is 0 Å². The molecular weight excluding hydrogens is 447 g/mol. The number of carbonyl (C=O) groups excluding carboxylic acids is 2. The Bertz CT molecular complexity index is 1360. The molecule has 1 aliphatic heterocycles. The first-order valence-corrected chi connectivity index (χ1v) is 11.8. The van der Waals surface area contributed by atoms with Crippen molar-refractivity contribution >= 4 is 21.8 Å². The first-order chi connectivity index (χ1) is 15.5. The minimum absolute atomic E-state index is 0.0599. The third-order valence-electron chi connectivity index (χ3n) is 5.61. The van der Waals surface area contributed by atoms with Crippen LogP contribution in [0, 0.1) is 12.7 Å². The zero-order chi connectivity index (χ0) is 24.1. The maximum Gasteiger partial charge on any atom is 0.269 e. The molecule has 0 saturated heterocycles. The zero-order valence-corrected chi connectivity index (χ0v) is 19.4. The van der Waals surface area contributed by atoms with Gasteiger partial charge in [0.1, 0.15) is 10.7 Å². The number of amides is 2. The summed E-state index contributed by atoms with van der Waals surface area (Å²) in [6, 6.07) is 8.97. The molecule has 0 bridgehead atoms. The van der Waals surface area contributed by atoms with Crippen LogP contribution in [0.4, 0.5) is 4.39 Å². The molecule has 1 unspecified atom stereocenters. The van der Waals surface area contributed by atoms with Crippen molar-refractivity contribution in [1.29, 1.82) is 0 Å². The topological polar surface area (TPSA) is 101 Å². The van der Waals surface area contributed by atoms with E-state index < -0.39 is 33.9 Å². The van der Waals surface area contributed by atoms with Gasteiger partial charge in [-0.05, 0) is 70.2 Å². The fourth-order valence-corrected chi connectivity index (χ4v) is 5.74. The molecular formula is C23H23FN4O4S. The van der Waals surface area contributed by atoms with Crippen LogP contribution in [0.3, 0.4) is 0 Å². The molecule has 0 fully saturated rings. The largest absolute Gasteiger partial charge is 0.345 e. The number of sulfonamides is 1. The molecule has 3 aromatic rings. The number of nitrogens with one attached hydrogen (secondary N) is 1. The van der Waals surface area contributed by atoms with E-state index >= 15 is 0 Å². The van der Waals surface area contributed by atoms with Crippen molar-refractivity contribution in [3.8, 4) is 5.69 Å². The average Bonchev–Trinajstić information content (AvgIpc) is 3.23. The Morgan fingerprint density at radius 3 is 2.39 bits per heavy atom. The summed E-state index contributed by atoms with van der Waals surface area (Å²) in [6.07, 6.45) is 1.62. The Hall–Kier alpha value is -3.53. The molecule has 1 atom stereocenters. The van der Waals surface area contributed by atoms with Gasteiger partial charge in [-0.25, -0.2) is 21.8 Å². The van der Waals surface area contributed by atoms with Gasteiger partial charge >= 0.3 is 0 Å². The Kier molecular flexibility index (Phi) is 5.57. The second-order valence-electron chi connectivity index (χ2n) is 8.18. The molecule has 0 aliphatic carbocycles. The van der Waals surface area contributed by atoms with E-state index in [0.29, 0.717) is 5.69 Å². The maximum absolute atomic E-state index is 13.2. The van der Waals surface area contributed by atoms with Gasteiger partial charge < -0.3 is 5.32 Å². The summed E-state index contributed by atoms with van der Waals surface area (Å²) in [6.45, 7) is 6.85. The summed E-state index contributed by atoms with van der Waals surface area (Å²) >= 11 is 0. The van der Waals surface area contributed by atoms with E-state index in [9.17, 15) is 22.4 Å². The van der Waals surface area contributed by atoms with Crippen LogP contribution in [0.1, 0.15) is 58.8 Å². The van der Waals surface area contributed by atoms with Gasteiger partial charge in [-0.1, -0.05) is 0 Å². The number of rotatable bonds is 5. The average molecular weight is 471 g/mol. The normalized spacial score (nSPS) is 15.6. The highest BCUT2D eigenvalue weighted by molar-refractivity contribution is 7.90. The molecule has 2 amide bonds. The van der Waals surface area contributed by atoms with Crippen LogP contribution in [0.15, 0.2) is 53.6 Å². The van der Waals surface area contributed by atoms with Crippen LogP contribution >= 0.6 is 0 Å². The minimum atomic E-state index is -4.00. The van der Waals surface area contributed by atoms with Gasteiger partial charge in [0.05, 0.1) is 23.5 Å². The highest BCUT2D eigenvalue weighted by atomic mass is 32.2. The molecule has 10 heteroatoms. The van der Waals surface area contributed by atoms with Crippen LogP contribution in [0.25, 0.3) is 5.69 Å². The molecule has 8 nitrogen and oxygen atoms in total. The number of benzene rings is 2. The number of carbonyl (C=O) groups is 2. The lowest BCUT2D eigenvalue weighted by atomic mass is 10.1. The molecule has 0 spiro atoms. The van der Waals surface area contributed by atoms with Crippen molar-refractivity contribution in [3.05, 3.63) is 76.9 Å². The van der Waals surface area contributed by atoms with Gasteiger partial charge in [0, 0.05) is 22.9 Å². The molecule has 1 aromatic heterocycles. The van der Waals surface area contributed by atoms with Crippen LogP contribution in [0.5, 0.6) is 0 Å². The highest BCUT2D eigenvalue weighted by Crippen LogP contribution is 2.32. The lowest BCUT2D eigenvalue weighted by Gasteiger charge is -2.18. The number of hydrogen-bond acceptors (Lipinski definition) is 5. The monoisotopic (exact) mass is 470 g/mol. The summed E-state index contributed by atoms with van der Waals surface area (Å²) in [7, 11) is -4.00. The summed E-state index contributed by atoms with van der Waals surface area (Å²) in [5.74, 6) is -1.42. The molecule has 2 heterocycles. The van der Waals surface area contributed by atoms with E-state index in [-0.39, 0.29) is 21.8 Å². The van der Waals surface area contributed by atoms with E-state index in [1.807, 2.05) is 6.92 Å². The lowest BCUT2D eigenvalue weighted by molar-refractivity contribution is 0.0845. The van der Waals surface area contributed by atoms with Crippen molar-refractivity contribution < 1.29 is 22.4 Å². The third kappa shape index (κ3) is 3.80. The number of fused-ring (bicyclic) bond motifs is 1. The van der Waals surface area contributed by atoms with Crippen molar-refractivity contribution in [3.63, 3.8) is 0 Å². The highest BCUT2D eigenvalue weighted by Gasteiger charge is 2.43. The Morgan fingerprint density at radius 2 is 1.76 bits per heavy atom. The fourth-order valence-electron chi connectivity index (χ4n) is 3.95. The number of hydrogen-bond donors (Lipinski definition) is 1. The Balaban J connectivity index is 1.58. The van der Waals surface area contributed by atoms with Gasteiger partial charge in [0.15, 0.2) is 0 Å². The maximum atomic E-state index is 13.2. The van der Waals surface area contributed by atoms with Crippen molar-refractivity contribution in [2.75, 3.05) is 0 Å². The third-order valence-corrected chi connectivity index (χ3v) is 7.61. The molecule has 33 heavy (non-hydrogen) atoms. The van der Waals surface area contributed by atoms with Gasteiger partial charge in [0.25, 0.3) is 21.8 Å². The lowest BCUT2D eigenvalue weighted by Crippen LogP contribution is -2.36. The van der Waals surface area contributed by atoms with Crippen LogP contribution in [-0.2, 0) is 10.0 Å². The second kappa shape index (κ2) is 8.11. The SMILES string of the molecule is Cc1c(C(C)NC(=O)c2ccc3c(c2)S(=O)(=O)N(C(C)C)C3=O)cnn1-c1ccc(F)cc1. The number of nitrogens with zero attached hydrogens (tertiary/aromatic N) is 3. The van der Waals surface area contributed by atoms with E-state index in [0.717, 1.165) is 15.6 Å². The number of aromatic nitrogens is 2. The molecule has 2 aromatic carbocycles. The first-order valence-electron chi connectivity index (χ1n) is 10.4. The molecule has 172 valence electrons. The summed E-state index contributed by atoms with van der Waals surface area (Å²) in [4.78, 5) is 25.2. The summed E-state index contributed by atoms with van der Waals surface area (Å²) < 4.78 is 41.3. The van der Waals surface area contributed by atoms with Gasteiger partial charge in [-0.2, -0.15) is 5.10 Å². The van der Waals surface area contributed by atoms with E-state index in [2.05, 4.69) is 10.4 Å². The van der Waals surface area contributed by atoms with Crippen LogP contribution in [0.2, 0.25) is 0 Å². The zero-order valence-electron chi connectivity index (χ0n) is 18.5. The molecule has 4 rings (SSSR count). The smallest absolute Gasteiger partial charge is 0.269 e. The van der Waals surface area contributed by atoms with Gasteiger partial charge in [-0.3, -0.25) is 9.59 Å². The van der Waals surface area contributed by atoms with E-state index in [4.69, 9.17) is 0 Å². The predicted molar refractivity (Wildman–Crippen MR) is 119 cm³/mol. The molecule has 0 saturated carbocycles. The quantitative estimate of drug-likeness (QED) is 0.616. The summed E-state index contributed by atoms with van der Waals surface area (Å²) in [5.41, 5.74) is 2.39. The fraction of sp³-hybridized carbons (Fsp3) is 0.261.